The summed E-state index contributed by atoms with van der Waals surface area (Å²) in [5, 5.41) is 2.93. The van der Waals surface area contributed by atoms with Gasteiger partial charge in [0.25, 0.3) is 0 Å². The number of rotatable bonds is 3. The minimum Gasteiger partial charge on any atom is -0.383 e. The zero-order chi connectivity index (χ0) is 9.97. The van der Waals surface area contributed by atoms with E-state index in [0.717, 1.165) is 28.9 Å². The van der Waals surface area contributed by atoms with Crippen molar-refractivity contribution in [2.24, 2.45) is 5.73 Å². The summed E-state index contributed by atoms with van der Waals surface area (Å²) in [5.41, 5.74) is 11.2. The zero-order valence-corrected chi connectivity index (χ0v) is 8.55. The lowest BCUT2D eigenvalue weighted by atomic mass is 10.3. The van der Waals surface area contributed by atoms with Crippen molar-refractivity contribution in [1.29, 1.82) is 0 Å². The van der Waals surface area contributed by atoms with Crippen molar-refractivity contribution in [1.82, 2.24) is 9.97 Å². The molecule has 0 spiro atoms. The van der Waals surface area contributed by atoms with Gasteiger partial charge in [-0.1, -0.05) is 0 Å². The van der Waals surface area contributed by atoms with Gasteiger partial charge in [0, 0.05) is 6.42 Å². The minimum atomic E-state index is 0.572. The first-order valence-corrected chi connectivity index (χ1v) is 5.39. The third kappa shape index (κ3) is 1.69. The molecule has 0 aliphatic carbocycles. The summed E-state index contributed by atoms with van der Waals surface area (Å²) in [6.45, 7) is 0.658. The smallest absolute Gasteiger partial charge is 0.135 e. The van der Waals surface area contributed by atoms with Crippen molar-refractivity contribution < 1.29 is 0 Å². The Hall–Kier alpha value is -1.20. The summed E-state index contributed by atoms with van der Waals surface area (Å²) in [6, 6.07) is 1.95. The monoisotopic (exact) mass is 208 g/mol. The number of fused-ring (bicyclic) bond motifs is 1. The molecule has 14 heavy (non-hydrogen) atoms. The number of nitrogens with zero attached hydrogens (tertiary/aromatic N) is 2. The van der Waals surface area contributed by atoms with Crippen LogP contribution in [0.4, 0.5) is 5.82 Å². The molecule has 0 atom stereocenters. The van der Waals surface area contributed by atoms with E-state index in [1.54, 1.807) is 11.3 Å². The predicted molar refractivity (Wildman–Crippen MR) is 59.2 cm³/mol. The maximum absolute atomic E-state index is 5.80. The highest BCUT2D eigenvalue weighted by Crippen LogP contribution is 2.22. The molecule has 2 rings (SSSR count). The highest BCUT2D eigenvalue weighted by atomic mass is 32.1. The molecule has 2 heterocycles. The normalized spacial score (nSPS) is 10.9. The highest BCUT2D eigenvalue weighted by molar-refractivity contribution is 7.16. The van der Waals surface area contributed by atoms with Gasteiger partial charge < -0.3 is 11.5 Å². The molecule has 0 unspecified atom stereocenters. The largest absolute Gasteiger partial charge is 0.383 e. The van der Waals surface area contributed by atoms with Crippen LogP contribution in [0.5, 0.6) is 0 Å². The SMILES string of the molecule is NCCCc1nc(N)c2ccsc2n1. The molecule has 0 aliphatic heterocycles. The Kier molecular flexibility index (Phi) is 2.60. The molecule has 2 aromatic heterocycles. The maximum Gasteiger partial charge on any atom is 0.135 e. The molecule has 0 saturated carbocycles. The van der Waals surface area contributed by atoms with Crippen LogP contribution < -0.4 is 11.5 Å². The third-order valence-corrected chi connectivity index (χ3v) is 2.81. The lowest BCUT2D eigenvalue weighted by molar-refractivity contribution is 0.789. The number of aryl methyl sites for hydroxylation is 1. The van der Waals surface area contributed by atoms with Crippen molar-refractivity contribution >= 4 is 27.4 Å². The van der Waals surface area contributed by atoms with E-state index in [2.05, 4.69) is 9.97 Å². The van der Waals surface area contributed by atoms with Crippen molar-refractivity contribution in [3.63, 3.8) is 0 Å². The van der Waals surface area contributed by atoms with Gasteiger partial charge in [-0.05, 0) is 24.4 Å². The molecule has 2 aromatic rings. The average molecular weight is 208 g/mol. The quantitative estimate of drug-likeness (QED) is 0.793. The highest BCUT2D eigenvalue weighted by Gasteiger charge is 2.05. The number of hydrogen-bond acceptors (Lipinski definition) is 5. The molecule has 0 saturated heterocycles. The summed E-state index contributed by atoms with van der Waals surface area (Å²) in [7, 11) is 0. The number of nitrogen functional groups attached to an aromatic ring is 1. The minimum absolute atomic E-state index is 0.572. The van der Waals surface area contributed by atoms with Crippen LogP contribution in [0.15, 0.2) is 11.4 Å². The second-order valence-corrected chi connectivity index (χ2v) is 3.95. The molecule has 5 heteroatoms. The van der Waals surface area contributed by atoms with Gasteiger partial charge in [-0.2, -0.15) is 0 Å². The van der Waals surface area contributed by atoms with Gasteiger partial charge in [-0.3, -0.25) is 0 Å². The van der Waals surface area contributed by atoms with Gasteiger partial charge in [0.1, 0.15) is 16.5 Å². The van der Waals surface area contributed by atoms with Crippen LogP contribution in [-0.4, -0.2) is 16.5 Å². The first-order chi connectivity index (χ1) is 6.81. The number of anilines is 1. The molecular weight excluding hydrogens is 196 g/mol. The van der Waals surface area contributed by atoms with E-state index in [1.165, 1.54) is 0 Å². The van der Waals surface area contributed by atoms with Crippen molar-refractivity contribution in [3.05, 3.63) is 17.3 Å². The summed E-state index contributed by atoms with van der Waals surface area (Å²) >= 11 is 1.59. The molecule has 0 amide bonds. The van der Waals surface area contributed by atoms with Crippen LogP contribution in [0, 0.1) is 0 Å². The first-order valence-electron chi connectivity index (χ1n) is 4.51. The topological polar surface area (TPSA) is 77.8 Å². The fourth-order valence-corrected chi connectivity index (χ4v) is 2.09. The predicted octanol–water partition coefficient (Wildman–Crippen LogP) is 1.16. The Morgan fingerprint density at radius 3 is 3.00 bits per heavy atom. The Labute approximate surface area is 86.0 Å². The number of hydrogen-bond donors (Lipinski definition) is 2. The van der Waals surface area contributed by atoms with E-state index in [-0.39, 0.29) is 0 Å². The van der Waals surface area contributed by atoms with Gasteiger partial charge >= 0.3 is 0 Å². The van der Waals surface area contributed by atoms with Crippen LogP contribution >= 0.6 is 11.3 Å². The Bertz CT molecular complexity index is 437. The maximum atomic E-state index is 5.80. The van der Waals surface area contributed by atoms with E-state index >= 15 is 0 Å². The van der Waals surface area contributed by atoms with Gasteiger partial charge in [0.15, 0.2) is 0 Å². The molecule has 0 aliphatic rings. The summed E-state index contributed by atoms with van der Waals surface area (Å²) in [5.74, 6) is 1.37. The fraction of sp³-hybridized carbons (Fsp3) is 0.333. The van der Waals surface area contributed by atoms with Gasteiger partial charge in [-0.15, -0.1) is 11.3 Å². The van der Waals surface area contributed by atoms with Crippen molar-refractivity contribution in [2.45, 2.75) is 12.8 Å². The van der Waals surface area contributed by atoms with Crippen LogP contribution in [0.3, 0.4) is 0 Å². The Morgan fingerprint density at radius 2 is 2.21 bits per heavy atom. The number of thiophene rings is 1. The lowest BCUT2D eigenvalue weighted by Crippen LogP contribution is -2.04. The molecule has 0 aromatic carbocycles. The van der Waals surface area contributed by atoms with E-state index in [4.69, 9.17) is 11.5 Å². The fourth-order valence-electron chi connectivity index (χ4n) is 1.30. The van der Waals surface area contributed by atoms with E-state index in [0.29, 0.717) is 12.4 Å². The average Bonchev–Trinajstić information content (AvgIpc) is 2.63. The molecule has 4 nitrogen and oxygen atoms in total. The molecular formula is C9H12N4S. The van der Waals surface area contributed by atoms with Crippen LogP contribution in [0.2, 0.25) is 0 Å². The molecule has 0 radical (unpaired) electrons. The Balaban J connectivity index is 2.38. The first kappa shape index (κ1) is 9.36. The van der Waals surface area contributed by atoms with Crippen LogP contribution in [0.1, 0.15) is 12.2 Å². The standard InChI is InChI=1S/C9H12N4S/c10-4-1-2-7-12-8(11)6-3-5-14-9(6)13-7/h3,5H,1-2,4,10H2,(H2,11,12,13). The van der Waals surface area contributed by atoms with Gasteiger partial charge in [0.2, 0.25) is 0 Å². The van der Waals surface area contributed by atoms with Crippen molar-refractivity contribution in [3.8, 4) is 0 Å². The third-order valence-electron chi connectivity index (χ3n) is 2.01. The lowest BCUT2D eigenvalue weighted by Gasteiger charge is -2.00. The second-order valence-electron chi connectivity index (χ2n) is 3.06. The molecule has 0 fully saturated rings. The van der Waals surface area contributed by atoms with Crippen LogP contribution in [0.25, 0.3) is 10.2 Å². The van der Waals surface area contributed by atoms with Crippen molar-refractivity contribution in [2.75, 3.05) is 12.3 Å². The van der Waals surface area contributed by atoms with Crippen LogP contribution in [-0.2, 0) is 6.42 Å². The Morgan fingerprint density at radius 1 is 1.36 bits per heavy atom. The van der Waals surface area contributed by atoms with Gasteiger partial charge in [0.05, 0.1) is 5.39 Å². The van der Waals surface area contributed by atoms with E-state index in [9.17, 15) is 0 Å². The summed E-state index contributed by atoms with van der Waals surface area (Å²) < 4.78 is 0. The summed E-state index contributed by atoms with van der Waals surface area (Å²) in [6.07, 6.45) is 1.70. The van der Waals surface area contributed by atoms with Gasteiger partial charge in [-0.25, -0.2) is 9.97 Å². The molecule has 4 N–H and O–H groups in total. The number of nitrogens with two attached hydrogens (primary N) is 2. The van der Waals surface area contributed by atoms with E-state index in [1.807, 2.05) is 11.4 Å². The molecule has 0 bridgehead atoms. The summed E-state index contributed by atoms with van der Waals surface area (Å²) in [4.78, 5) is 9.60. The van der Waals surface area contributed by atoms with E-state index < -0.39 is 0 Å². The second kappa shape index (κ2) is 3.89. The molecule has 74 valence electrons. The number of aromatic nitrogens is 2. The zero-order valence-electron chi connectivity index (χ0n) is 7.73.